The quantitative estimate of drug-likeness (QED) is 0.673. The van der Waals surface area contributed by atoms with Crippen LogP contribution in [0.15, 0.2) is 0 Å². The molecule has 0 unspecified atom stereocenters. The molecule has 2 aliphatic heterocycles. The molecular formula is C12H22N2O5S. The van der Waals surface area contributed by atoms with Gasteiger partial charge in [-0.15, -0.1) is 0 Å². The molecule has 116 valence electrons. The van der Waals surface area contributed by atoms with Crippen LogP contribution >= 0.6 is 0 Å². The lowest BCUT2D eigenvalue weighted by Gasteiger charge is -2.42. The number of morpholine rings is 1. The fraction of sp³-hybridized carbons (Fsp3) is 0.917. The summed E-state index contributed by atoms with van der Waals surface area (Å²) in [7, 11) is -3.25. The molecule has 2 fully saturated rings. The molecule has 1 amide bonds. The Bertz CT molecular complexity index is 466. The molecule has 1 atom stereocenters. The standard InChI is InChI=1S/C12H22N2O5S/c1-3-20(16,17)14-5-7-19-12(9-14)8-13(11(2)15)4-6-18-10-12/h3-10H2,1-2H3/t12-/m1/s1. The third kappa shape index (κ3) is 3.30. The van der Waals surface area contributed by atoms with Crippen molar-refractivity contribution in [3.05, 3.63) is 0 Å². The zero-order valence-electron chi connectivity index (χ0n) is 12.0. The first-order valence-corrected chi connectivity index (χ1v) is 8.44. The highest BCUT2D eigenvalue weighted by molar-refractivity contribution is 7.89. The van der Waals surface area contributed by atoms with Crippen molar-refractivity contribution in [2.24, 2.45) is 0 Å². The van der Waals surface area contributed by atoms with Crippen molar-refractivity contribution in [2.45, 2.75) is 19.4 Å². The lowest BCUT2D eigenvalue weighted by atomic mass is 10.0. The molecule has 0 saturated carbocycles. The van der Waals surface area contributed by atoms with Gasteiger partial charge in [0.2, 0.25) is 15.9 Å². The van der Waals surface area contributed by atoms with E-state index in [1.807, 2.05) is 0 Å². The van der Waals surface area contributed by atoms with Crippen molar-refractivity contribution in [1.82, 2.24) is 9.21 Å². The molecule has 1 spiro atoms. The van der Waals surface area contributed by atoms with Crippen molar-refractivity contribution in [1.29, 1.82) is 0 Å². The number of amides is 1. The fourth-order valence-corrected chi connectivity index (χ4v) is 3.74. The van der Waals surface area contributed by atoms with Gasteiger partial charge in [0.1, 0.15) is 5.60 Å². The second kappa shape index (κ2) is 5.97. The second-order valence-electron chi connectivity index (χ2n) is 5.26. The first kappa shape index (κ1) is 15.7. The predicted molar refractivity (Wildman–Crippen MR) is 72.8 cm³/mol. The molecule has 2 saturated heterocycles. The number of carbonyl (C=O) groups is 1. The Balaban J connectivity index is 2.17. The number of hydrogen-bond acceptors (Lipinski definition) is 5. The normalized spacial score (nSPS) is 29.4. The van der Waals surface area contributed by atoms with Crippen LogP contribution in [0, 0.1) is 0 Å². The molecule has 0 aromatic heterocycles. The van der Waals surface area contributed by atoms with E-state index in [1.54, 1.807) is 11.8 Å². The van der Waals surface area contributed by atoms with Crippen molar-refractivity contribution in [3.63, 3.8) is 0 Å². The third-order valence-corrected chi connectivity index (χ3v) is 5.59. The maximum Gasteiger partial charge on any atom is 0.219 e. The molecule has 0 aliphatic carbocycles. The van der Waals surface area contributed by atoms with Gasteiger partial charge in [-0.05, 0) is 6.92 Å². The number of nitrogens with zero attached hydrogens (tertiary/aromatic N) is 2. The highest BCUT2D eigenvalue weighted by atomic mass is 32.2. The molecule has 0 aromatic rings. The third-order valence-electron chi connectivity index (χ3n) is 3.77. The maximum atomic E-state index is 12.0. The molecule has 2 heterocycles. The number of carbonyl (C=O) groups excluding carboxylic acids is 1. The summed E-state index contributed by atoms with van der Waals surface area (Å²) in [5.74, 6) is 0.0225. The first-order chi connectivity index (χ1) is 9.38. The molecule has 0 bridgehead atoms. The Morgan fingerprint density at radius 1 is 1.25 bits per heavy atom. The van der Waals surface area contributed by atoms with Gasteiger partial charge in [0.25, 0.3) is 0 Å². The Morgan fingerprint density at radius 3 is 2.65 bits per heavy atom. The predicted octanol–water partition coefficient (Wildman–Crippen LogP) is -0.714. The van der Waals surface area contributed by atoms with Gasteiger partial charge in [0.15, 0.2) is 0 Å². The number of hydrogen-bond donors (Lipinski definition) is 0. The summed E-state index contributed by atoms with van der Waals surface area (Å²) in [5.41, 5.74) is -0.747. The van der Waals surface area contributed by atoms with E-state index in [9.17, 15) is 13.2 Å². The van der Waals surface area contributed by atoms with Gasteiger partial charge >= 0.3 is 0 Å². The topological polar surface area (TPSA) is 76.2 Å². The highest BCUT2D eigenvalue weighted by Crippen LogP contribution is 2.24. The van der Waals surface area contributed by atoms with Crippen LogP contribution in [0.3, 0.4) is 0 Å². The summed E-state index contributed by atoms with van der Waals surface area (Å²) in [5, 5.41) is 0. The summed E-state index contributed by atoms with van der Waals surface area (Å²) >= 11 is 0. The summed E-state index contributed by atoms with van der Waals surface area (Å²) in [6.45, 7) is 5.71. The zero-order chi connectivity index (χ0) is 14.8. The van der Waals surface area contributed by atoms with Crippen LogP contribution in [0.25, 0.3) is 0 Å². The number of sulfonamides is 1. The molecule has 2 aliphatic rings. The Hall–Kier alpha value is -0.700. The van der Waals surface area contributed by atoms with E-state index in [2.05, 4.69) is 0 Å². The van der Waals surface area contributed by atoms with Crippen LogP contribution in [0.5, 0.6) is 0 Å². The zero-order valence-corrected chi connectivity index (χ0v) is 12.8. The lowest BCUT2D eigenvalue weighted by Crippen LogP contribution is -2.60. The number of rotatable bonds is 2. The van der Waals surface area contributed by atoms with Crippen molar-refractivity contribution in [3.8, 4) is 0 Å². The first-order valence-electron chi connectivity index (χ1n) is 6.84. The van der Waals surface area contributed by atoms with Gasteiger partial charge in [0.05, 0.1) is 32.1 Å². The van der Waals surface area contributed by atoms with Gasteiger partial charge in [-0.3, -0.25) is 4.79 Å². The van der Waals surface area contributed by atoms with Crippen molar-refractivity contribution >= 4 is 15.9 Å². The van der Waals surface area contributed by atoms with Gasteiger partial charge in [-0.25, -0.2) is 8.42 Å². The van der Waals surface area contributed by atoms with Crippen LogP contribution in [0.4, 0.5) is 0 Å². The molecule has 0 aromatic carbocycles. The van der Waals surface area contributed by atoms with Crippen LogP contribution in [0.1, 0.15) is 13.8 Å². The van der Waals surface area contributed by atoms with Crippen LogP contribution in [-0.4, -0.2) is 80.9 Å². The Labute approximate surface area is 119 Å². The molecule has 0 N–H and O–H groups in total. The van der Waals surface area contributed by atoms with E-state index in [4.69, 9.17) is 9.47 Å². The summed E-state index contributed by atoms with van der Waals surface area (Å²) < 4.78 is 36.8. The van der Waals surface area contributed by atoms with Gasteiger partial charge in [-0.2, -0.15) is 4.31 Å². The van der Waals surface area contributed by atoms with Gasteiger partial charge in [0, 0.05) is 26.6 Å². The molecule has 2 rings (SSSR count). The molecule has 8 heteroatoms. The number of ether oxygens (including phenoxy) is 2. The average Bonchev–Trinajstić information content (AvgIpc) is 2.62. The van der Waals surface area contributed by atoms with Crippen molar-refractivity contribution < 1.29 is 22.7 Å². The largest absolute Gasteiger partial charge is 0.376 e. The minimum absolute atomic E-state index is 0.0473. The SMILES string of the molecule is CCS(=O)(=O)N1CCO[C@@]2(COCCN(C(C)=O)C2)C1. The monoisotopic (exact) mass is 306 g/mol. The van der Waals surface area contributed by atoms with E-state index in [1.165, 1.54) is 11.2 Å². The fourth-order valence-electron chi connectivity index (χ4n) is 2.59. The summed E-state index contributed by atoms with van der Waals surface area (Å²) in [4.78, 5) is 13.3. The average molecular weight is 306 g/mol. The van der Waals surface area contributed by atoms with Gasteiger partial charge in [-0.1, -0.05) is 0 Å². The van der Waals surface area contributed by atoms with E-state index in [-0.39, 0.29) is 18.2 Å². The van der Waals surface area contributed by atoms with Crippen LogP contribution < -0.4 is 0 Å². The van der Waals surface area contributed by atoms with Crippen LogP contribution in [-0.2, 0) is 24.3 Å². The maximum absolute atomic E-state index is 12.0. The Morgan fingerprint density at radius 2 is 2.00 bits per heavy atom. The molecule has 7 nitrogen and oxygen atoms in total. The molecule has 20 heavy (non-hydrogen) atoms. The molecular weight excluding hydrogens is 284 g/mol. The highest BCUT2D eigenvalue weighted by Gasteiger charge is 2.43. The van der Waals surface area contributed by atoms with E-state index in [0.29, 0.717) is 39.5 Å². The molecule has 0 radical (unpaired) electrons. The van der Waals surface area contributed by atoms with Crippen LogP contribution in [0.2, 0.25) is 0 Å². The Kier molecular flexibility index (Phi) is 4.68. The minimum atomic E-state index is -3.25. The summed E-state index contributed by atoms with van der Waals surface area (Å²) in [6.07, 6.45) is 0. The minimum Gasteiger partial charge on any atom is -0.376 e. The smallest absolute Gasteiger partial charge is 0.219 e. The summed E-state index contributed by atoms with van der Waals surface area (Å²) in [6, 6.07) is 0. The lowest BCUT2D eigenvalue weighted by molar-refractivity contribution is -0.142. The van der Waals surface area contributed by atoms with E-state index in [0.717, 1.165) is 0 Å². The van der Waals surface area contributed by atoms with E-state index < -0.39 is 15.6 Å². The second-order valence-corrected chi connectivity index (χ2v) is 7.52. The van der Waals surface area contributed by atoms with E-state index >= 15 is 0 Å². The van der Waals surface area contributed by atoms with Gasteiger partial charge < -0.3 is 14.4 Å². The van der Waals surface area contributed by atoms with Crippen molar-refractivity contribution in [2.75, 3.05) is 51.8 Å².